The van der Waals surface area contributed by atoms with E-state index in [1.807, 2.05) is 36.7 Å². The summed E-state index contributed by atoms with van der Waals surface area (Å²) in [6.45, 7) is 2.97. The Labute approximate surface area is 152 Å². The van der Waals surface area contributed by atoms with Gasteiger partial charge in [-0.05, 0) is 25.0 Å². The highest BCUT2D eigenvalue weighted by Crippen LogP contribution is 2.32. The highest BCUT2D eigenvalue weighted by molar-refractivity contribution is 5.76. The van der Waals surface area contributed by atoms with Crippen LogP contribution in [0, 0.1) is 0 Å². The first kappa shape index (κ1) is 17.0. The van der Waals surface area contributed by atoms with Crippen molar-refractivity contribution in [3.05, 3.63) is 54.6 Å². The molecule has 0 atom stereocenters. The Morgan fingerprint density at radius 1 is 1.08 bits per heavy atom. The molecule has 4 rings (SSSR count). The Morgan fingerprint density at radius 3 is 2.62 bits per heavy atom. The van der Waals surface area contributed by atoms with E-state index in [2.05, 4.69) is 45.5 Å². The Hall–Kier alpha value is -2.45. The van der Waals surface area contributed by atoms with Crippen LogP contribution >= 0.6 is 0 Å². The summed E-state index contributed by atoms with van der Waals surface area (Å²) in [7, 11) is 0. The molecule has 136 valence electrons. The molecule has 2 aromatic heterocycles. The van der Waals surface area contributed by atoms with Crippen molar-refractivity contribution in [1.29, 1.82) is 0 Å². The summed E-state index contributed by atoms with van der Waals surface area (Å²) >= 11 is 0. The molecule has 1 fully saturated rings. The zero-order chi connectivity index (χ0) is 17.8. The third-order valence-corrected chi connectivity index (χ3v) is 4.58. The van der Waals surface area contributed by atoms with E-state index in [0.29, 0.717) is 0 Å². The first-order valence-corrected chi connectivity index (χ1v) is 9.06. The van der Waals surface area contributed by atoms with E-state index in [1.54, 1.807) is 0 Å². The average molecular weight is 352 g/mol. The molecule has 0 unspecified atom stereocenters. The van der Waals surface area contributed by atoms with Crippen LogP contribution in [0.5, 0.6) is 0 Å². The number of imidazole rings is 1. The van der Waals surface area contributed by atoms with Gasteiger partial charge in [-0.3, -0.25) is 0 Å². The molecule has 1 aliphatic rings. The maximum Gasteiger partial charge on any atom is 0.152 e. The van der Waals surface area contributed by atoms with Gasteiger partial charge in [0.2, 0.25) is 0 Å². The summed E-state index contributed by atoms with van der Waals surface area (Å²) in [5.41, 5.74) is 15.0. The number of hydrogen-bond donors (Lipinski definition) is 4. The summed E-state index contributed by atoms with van der Waals surface area (Å²) in [6.07, 6.45) is 5.00. The number of nitrogens with one attached hydrogen (secondary N) is 4. The quantitative estimate of drug-likeness (QED) is 0.523. The summed E-state index contributed by atoms with van der Waals surface area (Å²) in [4.78, 5) is 4.70. The van der Waals surface area contributed by atoms with Crippen molar-refractivity contribution in [3.8, 4) is 22.7 Å². The number of rotatable bonds is 7. The molecule has 26 heavy (non-hydrogen) atoms. The minimum atomic E-state index is 0.214. The molecule has 0 radical (unpaired) electrons. The molecule has 0 amide bonds. The molecule has 1 aliphatic heterocycles. The van der Waals surface area contributed by atoms with E-state index in [4.69, 9.17) is 9.40 Å². The number of aryl methyl sites for hydroxylation is 2. The Kier molecular flexibility index (Phi) is 5.12. The van der Waals surface area contributed by atoms with E-state index in [1.165, 1.54) is 0 Å². The lowest BCUT2D eigenvalue weighted by molar-refractivity contribution is 0.452. The molecular formula is C19H24N6O. The normalized spacial score (nSPS) is 15.0. The standard InChI is InChI=1S/C19H24N6O/c1-2-15-10-11-16(26-15)19-18(14-7-4-3-5-8-14)20-13-25(19)12-6-9-17-21-23-24-22-17/h3-5,7-8,10-11,13,17,21-24H,2,6,9,12H2,1H3. The van der Waals surface area contributed by atoms with Crippen molar-refractivity contribution in [2.75, 3.05) is 0 Å². The topological polar surface area (TPSA) is 79.1 Å². The first-order chi connectivity index (χ1) is 12.8. The number of benzene rings is 1. The number of hydrazine groups is 3. The number of furan rings is 1. The second kappa shape index (κ2) is 7.84. The zero-order valence-corrected chi connectivity index (χ0v) is 14.8. The maximum absolute atomic E-state index is 6.05. The average Bonchev–Trinajstić information content (AvgIpc) is 3.43. The van der Waals surface area contributed by atoms with E-state index < -0.39 is 0 Å². The molecule has 3 heterocycles. The molecule has 0 spiro atoms. The lowest BCUT2D eigenvalue weighted by atomic mass is 10.1. The first-order valence-electron chi connectivity index (χ1n) is 9.06. The van der Waals surface area contributed by atoms with Crippen molar-refractivity contribution in [2.24, 2.45) is 0 Å². The fourth-order valence-corrected chi connectivity index (χ4v) is 3.21. The van der Waals surface area contributed by atoms with Gasteiger partial charge >= 0.3 is 0 Å². The zero-order valence-electron chi connectivity index (χ0n) is 14.8. The summed E-state index contributed by atoms with van der Waals surface area (Å²) in [5.74, 6) is 1.86. The molecule has 0 bridgehead atoms. The van der Waals surface area contributed by atoms with Crippen molar-refractivity contribution < 1.29 is 4.42 Å². The van der Waals surface area contributed by atoms with Crippen LogP contribution in [0.3, 0.4) is 0 Å². The molecule has 7 nitrogen and oxygen atoms in total. The third kappa shape index (κ3) is 3.56. The molecule has 4 N–H and O–H groups in total. The van der Waals surface area contributed by atoms with Crippen molar-refractivity contribution in [3.63, 3.8) is 0 Å². The van der Waals surface area contributed by atoms with Crippen molar-refractivity contribution >= 4 is 0 Å². The number of aromatic nitrogens is 2. The van der Waals surface area contributed by atoms with Crippen molar-refractivity contribution in [1.82, 2.24) is 31.5 Å². The number of hydrogen-bond acceptors (Lipinski definition) is 6. The van der Waals surface area contributed by atoms with E-state index in [9.17, 15) is 0 Å². The van der Waals surface area contributed by atoms with Crippen LogP contribution in [0.25, 0.3) is 22.7 Å². The van der Waals surface area contributed by atoms with Gasteiger partial charge in [-0.25, -0.2) is 15.8 Å². The minimum absolute atomic E-state index is 0.214. The monoisotopic (exact) mass is 352 g/mol. The summed E-state index contributed by atoms with van der Waals surface area (Å²) < 4.78 is 8.25. The fourth-order valence-electron chi connectivity index (χ4n) is 3.21. The van der Waals surface area contributed by atoms with Crippen LogP contribution in [-0.4, -0.2) is 15.7 Å². The second-order valence-electron chi connectivity index (χ2n) is 6.35. The van der Waals surface area contributed by atoms with Crippen LogP contribution in [0.15, 0.2) is 53.2 Å². The van der Waals surface area contributed by atoms with Gasteiger partial charge in [0.15, 0.2) is 5.76 Å². The van der Waals surface area contributed by atoms with Gasteiger partial charge in [-0.1, -0.05) is 37.3 Å². The summed E-state index contributed by atoms with van der Waals surface area (Å²) in [6, 6.07) is 14.4. The van der Waals surface area contributed by atoms with Gasteiger partial charge in [0.1, 0.15) is 11.5 Å². The lowest BCUT2D eigenvalue weighted by Crippen LogP contribution is -2.33. The van der Waals surface area contributed by atoms with Gasteiger partial charge < -0.3 is 8.98 Å². The molecule has 1 aromatic carbocycles. The maximum atomic E-state index is 6.05. The molecule has 7 heteroatoms. The van der Waals surface area contributed by atoms with Gasteiger partial charge in [0.25, 0.3) is 0 Å². The predicted molar refractivity (Wildman–Crippen MR) is 100 cm³/mol. The van der Waals surface area contributed by atoms with Crippen LogP contribution in [0.2, 0.25) is 0 Å². The molecule has 0 saturated carbocycles. The smallest absolute Gasteiger partial charge is 0.152 e. The molecule has 3 aromatic rings. The Bertz CT molecular complexity index is 835. The SMILES string of the molecule is CCc1ccc(-c2c(-c3ccccc3)ncn2CCCC2NNNN2)o1. The highest BCUT2D eigenvalue weighted by Gasteiger charge is 2.18. The highest BCUT2D eigenvalue weighted by atomic mass is 16.3. The van der Waals surface area contributed by atoms with Crippen LogP contribution < -0.4 is 21.9 Å². The van der Waals surface area contributed by atoms with Crippen LogP contribution in [-0.2, 0) is 13.0 Å². The Balaban J connectivity index is 1.61. The molecular weight excluding hydrogens is 328 g/mol. The van der Waals surface area contributed by atoms with Crippen molar-refractivity contribution in [2.45, 2.75) is 38.9 Å². The van der Waals surface area contributed by atoms with Crippen LogP contribution in [0.1, 0.15) is 25.5 Å². The number of nitrogens with zero attached hydrogens (tertiary/aromatic N) is 2. The van der Waals surface area contributed by atoms with Crippen LogP contribution in [0.4, 0.5) is 0 Å². The largest absolute Gasteiger partial charge is 0.459 e. The van der Waals surface area contributed by atoms with Gasteiger partial charge in [-0.2, -0.15) is 11.1 Å². The molecule has 1 saturated heterocycles. The minimum Gasteiger partial charge on any atom is -0.459 e. The molecule has 0 aliphatic carbocycles. The Morgan fingerprint density at radius 2 is 1.88 bits per heavy atom. The van der Waals surface area contributed by atoms with Gasteiger partial charge in [0.05, 0.1) is 18.2 Å². The van der Waals surface area contributed by atoms with E-state index >= 15 is 0 Å². The van der Waals surface area contributed by atoms with Gasteiger partial charge in [0, 0.05) is 18.5 Å². The van der Waals surface area contributed by atoms with Gasteiger partial charge in [-0.15, -0.1) is 0 Å². The van der Waals surface area contributed by atoms with E-state index in [-0.39, 0.29) is 6.17 Å². The fraction of sp³-hybridized carbons (Fsp3) is 0.316. The van der Waals surface area contributed by atoms with E-state index in [0.717, 1.165) is 54.3 Å². The third-order valence-electron chi connectivity index (χ3n) is 4.58. The lowest BCUT2D eigenvalue weighted by Gasteiger charge is -2.11. The summed E-state index contributed by atoms with van der Waals surface area (Å²) in [5, 5.41) is 0. The predicted octanol–water partition coefficient (Wildman–Crippen LogP) is 2.60. The second-order valence-corrected chi connectivity index (χ2v) is 6.35.